The van der Waals surface area contributed by atoms with Crippen molar-refractivity contribution in [3.8, 4) is 0 Å². The Morgan fingerprint density at radius 2 is 2.00 bits per heavy atom. The van der Waals surface area contributed by atoms with E-state index in [1.165, 1.54) is 11.8 Å². The van der Waals surface area contributed by atoms with Crippen molar-refractivity contribution in [3.05, 3.63) is 47.8 Å². The number of aromatic nitrogens is 3. The number of rotatable bonds is 3. The molecule has 0 aliphatic carbocycles. The number of hydrogen-bond acceptors (Lipinski definition) is 4. The van der Waals surface area contributed by atoms with Gasteiger partial charge in [0.2, 0.25) is 0 Å². The maximum Gasteiger partial charge on any atom is 0.416 e. The number of nitrogens with one attached hydrogen (secondary N) is 1. The normalized spacial score (nSPS) is 16.6. The highest BCUT2D eigenvalue weighted by Crippen LogP contribution is 2.33. The Kier molecular flexibility index (Phi) is 4.83. The standard InChI is InChI=1S/C20H19F3N6O2/c1-11-6-13(20(21,22)23)7-17(26-11)29-16(10-24-19(29)31)18(30)27(2)14-5-4-12-9-25-28(3)15(12)8-14/h4-9,16H,10H2,1-3H3,(H,24,31)/t16-/m0/s1. The fourth-order valence-electron chi connectivity index (χ4n) is 3.59. The van der Waals surface area contributed by atoms with E-state index >= 15 is 0 Å². The zero-order valence-electron chi connectivity index (χ0n) is 16.9. The minimum atomic E-state index is -4.60. The number of amides is 3. The molecule has 8 nitrogen and oxygen atoms in total. The number of likely N-dealkylation sites (N-methyl/N-ethyl adjacent to an activating group) is 1. The lowest BCUT2D eigenvalue weighted by molar-refractivity contribution is -0.137. The smallest absolute Gasteiger partial charge is 0.335 e. The summed E-state index contributed by atoms with van der Waals surface area (Å²) in [5.41, 5.74) is 0.528. The van der Waals surface area contributed by atoms with Crippen LogP contribution in [0, 0.1) is 6.92 Å². The topological polar surface area (TPSA) is 83.4 Å². The van der Waals surface area contributed by atoms with Gasteiger partial charge in [-0.15, -0.1) is 0 Å². The molecule has 162 valence electrons. The van der Waals surface area contributed by atoms with Crippen LogP contribution in [-0.2, 0) is 18.0 Å². The Labute approximate surface area is 175 Å². The number of urea groups is 1. The molecule has 4 rings (SSSR count). The molecule has 0 radical (unpaired) electrons. The van der Waals surface area contributed by atoms with E-state index in [1.54, 1.807) is 37.1 Å². The van der Waals surface area contributed by atoms with Gasteiger partial charge in [0, 0.05) is 37.4 Å². The Morgan fingerprint density at radius 3 is 2.71 bits per heavy atom. The molecule has 0 saturated carbocycles. The number of carbonyl (C=O) groups excluding carboxylic acids is 2. The van der Waals surface area contributed by atoms with Gasteiger partial charge in [-0.25, -0.2) is 9.78 Å². The van der Waals surface area contributed by atoms with Crippen LogP contribution in [0.2, 0.25) is 0 Å². The van der Waals surface area contributed by atoms with Gasteiger partial charge in [-0.05, 0) is 37.3 Å². The van der Waals surface area contributed by atoms with Gasteiger partial charge in [0.05, 0.1) is 17.3 Å². The Bertz CT molecular complexity index is 1190. The van der Waals surface area contributed by atoms with Gasteiger partial charge in [-0.3, -0.25) is 14.4 Å². The van der Waals surface area contributed by atoms with E-state index in [2.05, 4.69) is 15.4 Å². The second kappa shape index (κ2) is 7.25. The van der Waals surface area contributed by atoms with E-state index in [-0.39, 0.29) is 18.1 Å². The lowest BCUT2D eigenvalue weighted by atomic mass is 10.1. The van der Waals surface area contributed by atoms with Gasteiger partial charge >= 0.3 is 12.2 Å². The molecular formula is C20H19F3N6O2. The van der Waals surface area contributed by atoms with Crippen LogP contribution >= 0.6 is 0 Å². The highest BCUT2D eigenvalue weighted by Gasteiger charge is 2.41. The lowest BCUT2D eigenvalue weighted by Gasteiger charge is -2.27. The summed E-state index contributed by atoms with van der Waals surface area (Å²) in [5.74, 6) is -0.687. The summed E-state index contributed by atoms with van der Waals surface area (Å²) in [6.45, 7) is 1.35. The molecule has 1 aliphatic heterocycles. The summed E-state index contributed by atoms with van der Waals surface area (Å²) in [7, 11) is 3.32. The molecule has 0 bridgehead atoms. The molecule has 3 heterocycles. The average molecular weight is 432 g/mol. The molecular weight excluding hydrogens is 413 g/mol. The van der Waals surface area contributed by atoms with Crippen LogP contribution in [0.25, 0.3) is 10.9 Å². The van der Waals surface area contributed by atoms with Gasteiger partial charge in [0.1, 0.15) is 11.9 Å². The predicted octanol–water partition coefficient (Wildman–Crippen LogP) is 2.86. The highest BCUT2D eigenvalue weighted by atomic mass is 19.4. The first-order valence-corrected chi connectivity index (χ1v) is 9.38. The maximum atomic E-state index is 13.2. The van der Waals surface area contributed by atoms with Crippen LogP contribution in [0.3, 0.4) is 0 Å². The third-order valence-electron chi connectivity index (χ3n) is 5.23. The summed E-state index contributed by atoms with van der Waals surface area (Å²) in [6.07, 6.45) is -2.91. The van der Waals surface area contributed by atoms with Gasteiger partial charge in [-0.1, -0.05) is 0 Å². The van der Waals surface area contributed by atoms with E-state index in [0.29, 0.717) is 5.69 Å². The quantitative estimate of drug-likeness (QED) is 0.690. The number of hydrogen-bond donors (Lipinski definition) is 1. The number of anilines is 2. The van der Waals surface area contributed by atoms with Crippen molar-refractivity contribution in [3.63, 3.8) is 0 Å². The van der Waals surface area contributed by atoms with Crippen molar-refractivity contribution >= 4 is 34.3 Å². The van der Waals surface area contributed by atoms with Gasteiger partial charge in [0.15, 0.2) is 0 Å². The van der Waals surface area contributed by atoms with Crippen molar-refractivity contribution in [1.29, 1.82) is 0 Å². The zero-order chi connectivity index (χ0) is 22.5. The monoisotopic (exact) mass is 432 g/mol. The summed E-state index contributed by atoms with van der Waals surface area (Å²) in [4.78, 5) is 32.1. The molecule has 1 aliphatic rings. The van der Waals surface area contributed by atoms with Gasteiger partial charge in [0.25, 0.3) is 5.91 Å². The number of carbonyl (C=O) groups is 2. The first kappa shape index (κ1) is 20.6. The van der Waals surface area contributed by atoms with E-state index in [4.69, 9.17) is 0 Å². The van der Waals surface area contributed by atoms with E-state index in [0.717, 1.165) is 27.9 Å². The van der Waals surface area contributed by atoms with Crippen molar-refractivity contribution in [2.75, 3.05) is 23.4 Å². The largest absolute Gasteiger partial charge is 0.416 e. The minimum Gasteiger partial charge on any atom is -0.335 e. The number of aryl methyl sites for hydroxylation is 2. The minimum absolute atomic E-state index is 0.0487. The molecule has 0 spiro atoms. The summed E-state index contributed by atoms with van der Waals surface area (Å²) in [5, 5.41) is 7.59. The molecule has 0 unspecified atom stereocenters. The molecule has 3 amide bonds. The molecule has 11 heteroatoms. The number of nitrogens with zero attached hydrogens (tertiary/aromatic N) is 5. The molecule has 1 saturated heterocycles. The Balaban J connectivity index is 1.68. The van der Waals surface area contributed by atoms with Crippen LogP contribution in [0.5, 0.6) is 0 Å². The fourth-order valence-corrected chi connectivity index (χ4v) is 3.59. The molecule has 2 aromatic heterocycles. The number of halogens is 3. The third kappa shape index (κ3) is 3.66. The molecule has 1 N–H and O–H groups in total. The van der Waals surface area contributed by atoms with E-state index in [9.17, 15) is 22.8 Å². The molecule has 3 aromatic rings. The van der Waals surface area contributed by atoms with E-state index in [1.807, 2.05) is 6.07 Å². The number of pyridine rings is 1. The summed E-state index contributed by atoms with van der Waals surface area (Å²) in [6, 6.07) is 5.28. The van der Waals surface area contributed by atoms with E-state index < -0.39 is 29.7 Å². The fraction of sp³-hybridized carbons (Fsp3) is 0.300. The summed E-state index contributed by atoms with van der Waals surface area (Å²) < 4.78 is 41.4. The first-order valence-electron chi connectivity index (χ1n) is 9.38. The predicted molar refractivity (Wildman–Crippen MR) is 108 cm³/mol. The third-order valence-corrected chi connectivity index (χ3v) is 5.23. The second-order valence-electron chi connectivity index (χ2n) is 7.33. The number of alkyl halides is 3. The number of fused-ring (bicyclic) bond motifs is 1. The van der Waals surface area contributed by atoms with Crippen LogP contribution in [0.4, 0.5) is 29.5 Å². The van der Waals surface area contributed by atoms with Crippen molar-refractivity contribution in [2.24, 2.45) is 7.05 Å². The van der Waals surface area contributed by atoms with Gasteiger partial charge in [-0.2, -0.15) is 18.3 Å². The SMILES string of the molecule is Cc1cc(C(F)(F)F)cc(N2C(=O)NC[C@H]2C(=O)N(C)c2ccc3cnn(C)c3c2)n1. The van der Waals surface area contributed by atoms with Crippen LogP contribution in [0.1, 0.15) is 11.3 Å². The second-order valence-corrected chi connectivity index (χ2v) is 7.33. The van der Waals surface area contributed by atoms with Crippen molar-refractivity contribution in [2.45, 2.75) is 19.1 Å². The lowest BCUT2D eigenvalue weighted by Crippen LogP contribution is -2.47. The molecule has 1 atom stereocenters. The first-order chi connectivity index (χ1) is 14.6. The Hall–Kier alpha value is -3.63. The van der Waals surface area contributed by atoms with Crippen molar-refractivity contribution in [1.82, 2.24) is 20.1 Å². The van der Waals surface area contributed by atoms with Gasteiger partial charge < -0.3 is 10.2 Å². The van der Waals surface area contributed by atoms with Crippen LogP contribution < -0.4 is 15.1 Å². The maximum absolute atomic E-state index is 13.2. The number of benzene rings is 1. The average Bonchev–Trinajstić information content (AvgIpc) is 3.28. The zero-order valence-corrected chi connectivity index (χ0v) is 16.9. The molecule has 1 fully saturated rings. The molecule has 31 heavy (non-hydrogen) atoms. The summed E-state index contributed by atoms with van der Waals surface area (Å²) >= 11 is 0. The van der Waals surface area contributed by atoms with Crippen LogP contribution in [-0.4, -0.2) is 46.3 Å². The Morgan fingerprint density at radius 1 is 1.26 bits per heavy atom. The van der Waals surface area contributed by atoms with Crippen LogP contribution in [0.15, 0.2) is 36.5 Å². The molecule has 1 aromatic carbocycles. The highest BCUT2D eigenvalue weighted by molar-refractivity contribution is 6.08. The van der Waals surface area contributed by atoms with Crippen molar-refractivity contribution < 1.29 is 22.8 Å².